The van der Waals surface area contributed by atoms with Gasteiger partial charge in [0.1, 0.15) is 6.23 Å². The van der Waals surface area contributed by atoms with Gasteiger partial charge in [-0.25, -0.2) is 0 Å². The number of nitrogens with zero attached hydrogens (tertiary/aromatic N) is 1. The van der Waals surface area contributed by atoms with Crippen molar-refractivity contribution in [1.29, 1.82) is 0 Å². The van der Waals surface area contributed by atoms with Crippen molar-refractivity contribution in [3.8, 4) is 11.1 Å². The maximum absolute atomic E-state index is 13.1. The molecule has 3 heteroatoms. The van der Waals surface area contributed by atoms with Gasteiger partial charge in [0, 0.05) is 18.9 Å². The molecule has 2 fully saturated rings. The lowest BCUT2D eigenvalue weighted by Gasteiger charge is -2.43. The van der Waals surface area contributed by atoms with Gasteiger partial charge in [-0.1, -0.05) is 48.5 Å². The van der Waals surface area contributed by atoms with Gasteiger partial charge in [-0.05, 0) is 22.3 Å². The van der Waals surface area contributed by atoms with E-state index in [0.29, 0.717) is 6.61 Å². The predicted octanol–water partition coefficient (Wildman–Crippen LogP) is 3.12. The van der Waals surface area contributed by atoms with E-state index >= 15 is 0 Å². The summed E-state index contributed by atoms with van der Waals surface area (Å²) in [5, 5.41) is 0. The van der Waals surface area contributed by atoms with Crippen LogP contribution in [0, 0.1) is 0 Å². The first-order valence-electron chi connectivity index (χ1n) is 7.95. The molecule has 1 aliphatic carbocycles. The first-order chi connectivity index (χ1) is 10.8. The maximum Gasteiger partial charge on any atom is 0.232 e. The van der Waals surface area contributed by atoms with Crippen LogP contribution in [0.1, 0.15) is 29.4 Å². The molecular formula is C19H17NO2. The van der Waals surface area contributed by atoms with Crippen LogP contribution in [0.4, 0.5) is 0 Å². The molecule has 0 aromatic heterocycles. The first-order valence-corrected chi connectivity index (χ1v) is 7.95. The van der Waals surface area contributed by atoms with Gasteiger partial charge in [-0.2, -0.15) is 0 Å². The van der Waals surface area contributed by atoms with Crippen LogP contribution in [0.25, 0.3) is 11.1 Å². The molecule has 110 valence electrons. The van der Waals surface area contributed by atoms with Crippen molar-refractivity contribution in [2.24, 2.45) is 0 Å². The van der Waals surface area contributed by atoms with Gasteiger partial charge in [0.25, 0.3) is 0 Å². The van der Waals surface area contributed by atoms with Crippen molar-refractivity contribution in [3.63, 3.8) is 0 Å². The summed E-state index contributed by atoms with van der Waals surface area (Å²) in [6, 6.07) is 16.9. The van der Waals surface area contributed by atoms with E-state index in [1.165, 1.54) is 22.3 Å². The molecule has 2 aliphatic heterocycles. The van der Waals surface area contributed by atoms with Crippen molar-refractivity contribution >= 4 is 5.91 Å². The van der Waals surface area contributed by atoms with Crippen LogP contribution in [0.15, 0.2) is 48.5 Å². The molecule has 22 heavy (non-hydrogen) atoms. The van der Waals surface area contributed by atoms with Gasteiger partial charge >= 0.3 is 0 Å². The smallest absolute Gasteiger partial charge is 0.232 e. The number of fused-ring (bicyclic) bond motifs is 7. The Bertz CT molecular complexity index is 770. The summed E-state index contributed by atoms with van der Waals surface area (Å²) in [4.78, 5) is 15.0. The summed E-state index contributed by atoms with van der Waals surface area (Å²) < 4.78 is 5.78. The highest BCUT2D eigenvalue weighted by Gasteiger charge is 2.48. The molecule has 3 aliphatic rings. The van der Waals surface area contributed by atoms with Crippen LogP contribution in [0.5, 0.6) is 0 Å². The highest BCUT2D eigenvalue weighted by Crippen LogP contribution is 2.52. The van der Waals surface area contributed by atoms with Crippen LogP contribution in [-0.4, -0.2) is 30.2 Å². The van der Waals surface area contributed by atoms with Gasteiger partial charge < -0.3 is 9.64 Å². The van der Waals surface area contributed by atoms with Crippen molar-refractivity contribution < 1.29 is 9.53 Å². The quantitative estimate of drug-likeness (QED) is 0.746. The maximum atomic E-state index is 13.1. The largest absolute Gasteiger partial charge is 0.356 e. The van der Waals surface area contributed by atoms with Gasteiger partial charge in [-0.3, -0.25) is 4.79 Å². The number of ether oxygens (including phenoxy) is 1. The van der Waals surface area contributed by atoms with Crippen molar-refractivity contribution in [2.75, 3.05) is 13.2 Å². The Hall–Kier alpha value is -2.13. The second-order valence-corrected chi connectivity index (χ2v) is 6.35. The zero-order chi connectivity index (χ0) is 14.7. The van der Waals surface area contributed by atoms with Crippen LogP contribution >= 0.6 is 0 Å². The molecule has 0 radical (unpaired) electrons. The SMILES string of the molecule is O=C1[C@H]2c3ccccc3-c3ccccc3[C@H]2C[C@@H]2OCCN12. The number of carbonyl (C=O) groups excluding carboxylic acids is 1. The van der Waals surface area contributed by atoms with E-state index in [2.05, 4.69) is 42.5 Å². The van der Waals surface area contributed by atoms with Crippen LogP contribution in [0.3, 0.4) is 0 Å². The normalized spacial score (nSPS) is 28.6. The number of carbonyl (C=O) groups is 1. The second kappa shape index (κ2) is 4.43. The molecule has 0 bridgehead atoms. The molecule has 3 nitrogen and oxygen atoms in total. The molecule has 2 saturated heterocycles. The molecule has 2 aromatic carbocycles. The zero-order valence-corrected chi connectivity index (χ0v) is 12.2. The first kappa shape index (κ1) is 12.4. The Kier molecular flexibility index (Phi) is 2.50. The monoisotopic (exact) mass is 291 g/mol. The molecular weight excluding hydrogens is 274 g/mol. The molecule has 0 saturated carbocycles. The van der Waals surface area contributed by atoms with E-state index in [4.69, 9.17) is 4.74 Å². The Morgan fingerprint density at radius 2 is 1.64 bits per heavy atom. The molecule has 3 atom stereocenters. The van der Waals surface area contributed by atoms with E-state index in [1.54, 1.807) is 0 Å². The third kappa shape index (κ3) is 1.52. The van der Waals surface area contributed by atoms with Crippen molar-refractivity contribution in [3.05, 3.63) is 59.7 Å². The highest BCUT2D eigenvalue weighted by atomic mass is 16.5. The Balaban J connectivity index is 1.75. The van der Waals surface area contributed by atoms with E-state index in [1.807, 2.05) is 11.0 Å². The fourth-order valence-corrected chi connectivity index (χ4v) is 4.41. The Morgan fingerprint density at radius 1 is 0.955 bits per heavy atom. The minimum atomic E-state index is -0.0518. The van der Waals surface area contributed by atoms with E-state index in [0.717, 1.165) is 13.0 Å². The van der Waals surface area contributed by atoms with Crippen molar-refractivity contribution in [1.82, 2.24) is 4.90 Å². The van der Waals surface area contributed by atoms with Crippen LogP contribution in [-0.2, 0) is 9.53 Å². The standard InChI is InChI=1S/C19H17NO2/c21-19-18-15-8-4-3-6-13(15)12-5-1-2-7-14(12)16(18)11-17-20(19)9-10-22-17/h1-8,16-18H,9-11H2/t16-,17+,18+/m1/s1. The number of piperidine rings is 1. The predicted molar refractivity (Wildman–Crippen MR) is 83.4 cm³/mol. The summed E-state index contributed by atoms with van der Waals surface area (Å²) in [7, 11) is 0. The Labute approximate surface area is 129 Å². The minimum absolute atomic E-state index is 0.0351. The average Bonchev–Trinajstić information content (AvgIpc) is 3.04. The number of benzene rings is 2. The molecule has 0 spiro atoms. The lowest BCUT2D eigenvalue weighted by atomic mass is 9.68. The topological polar surface area (TPSA) is 29.5 Å². The summed E-state index contributed by atoms with van der Waals surface area (Å²) >= 11 is 0. The van der Waals surface area contributed by atoms with Gasteiger partial charge in [0.15, 0.2) is 0 Å². The van der Waals surface area contributed by atoms with Gasteiger partial charge in [-0.15, -0.1) is 0 Å². The fraction of sp³-hybridized carbons (Fsp3) is 0.316. The van der Waals surface area contributed by atoms with Gasteiger partial charge in [0.05, 0.1) is 12.5 Å². The Morgan fingerprint density at radius 3 is 2.45 bits per heavy atom. The van der Waals surface area contributed by atoms with Crippen LogP contribution < -0.4 is 0 Å². The van der Waals surface area contributed by atoms with E-state index in [9.17, 15) is 4.79 Å². The molecule has 0 unspecified atom stereocenters. The number of amides is 1. The summed E-state index contributed by atoms with van der Waals surface area (Å²) in [5.74, 6) is 0.419. The van der Waals surface area contributed by atoms with Gasteiger partial charge in [0.2, 0.25) is 5.91 Å². The molecule has 2 heterocycles. The number of rotatable bonds is 0. The molecule has 5 rings (SSSR count). The third-order valence-electron chi connectivity index (χ3n) is 5.34. The highest BCUT2D eigenvalue weighted by molar-refractivity contribution is 5.92. The zero-order valence-electron chi connectivity index (χ0n) is 12.2. The van der Waals surface area contributed by atoms with E-state index < -0.39 is 0 Å². The summed E-state index contributed by atoms with van der Waals surface area (Å²) in [5.41, 5.74) is 4.97. The minimum Gasteiger partial charge on any atom is -0.356 e. The average molecular weight is 291 g/mol. The third-order valence-corrected chi connectivity index (χ3v) is 5.34. The second-order valence-electron chi connectivity index (χ2n) is 6.35. The van der Waals surface area contributed by atoms with E-state index in [-0.39, 0.29) is 24.0 Å². The fourth-order valence-electron chi connectivity index (χ4n) is 4.41. The summed E-state index contributed by atoms with van der Waals surface area (Å²) in [6.07, 6.45) is 0.869. The van der Waals surface area contributed by atoms with Crippen LogP contribution in [0.2, 0.25) is 0 Å². The lowest BCUT2D eigenvalue weighted by Crippen LogP contribution is -2.47. The summed E-state index contributed by atoms with van der Waals surface area (Å²) in [6.45, 7) is 1.40. The number of hydrogen-bond donors (Lipinski definition) is 0. The molecule has 2 aromatic rings. The molecule has 1 amide bonds. The number of hydrogen-bond acceptors (Lipinski definition) is 2. The van der Waals surface area contributed by atoms with Crippen molar-refractivity contribution in [2.45, 2.75) is 24.5 Å². The lowest BCUT2D eigenvalue weighted by molar-refractivity contribution is -0.143. The molecule has 0 N–H and O–H groups in total.